The maximum Gasteiger partial charge on any atom is 0.168 e. The minimum atomic E-state index is -0.270. The second-order valence-corrected chi connectivity index (χ2v) is 5.97. The fourth-order valence-corrected chi connectivity index (χ4v) is 2.93. The average Bonchev–Trinajstić information content (AvgIpc) is 3.28. The van der Waals surface area contributed by atoms with E-state index in [1.165, 1.54) is 12.1 Å². The van der Waals surface area contributed by atoms with Crippen LogP contribution < -0.4 is 5.01 Å². The van der Waals surface area contributed by atoms with Gasteiger partial charge in [-0.3, -0.25) is 10.0 Å². The number of epoxide rings is 1. The summed E-state index contributed by atoms with van der Waals surface area (Å²) in [6.07, 6.45) is 1.74. The van der Waals surface area contributed by atoms with Gasteiger partial charge in [-0.2, -0.15) is 0 Å². The predicted octanol–water partition coefficient (Wildman–Crippen LogP) is 3.64. The molecule has 0 saturated carbocycles. The first-order valence-corrected chi connectivity index (χ1v) is 7.81. The summed E-state index contributed by atoms with van der Waals surface area (Å²) in [5.74, 6) is -0.264. The van der Waals surface area contributed by atoms with Crippen LogP contribution in [0.4, 0.5) is 10.1 Å². The number of benzene rings is 2. The molecular formula is C17H15ClFN3O. The highest BCUT2D eigenvalue weighted by molar-refractivity contribution is 6.31. The van der Waals surface area contributed by atoms with Gasteiger partial charge in [0.25, 0.3) is 0 Å². The summed E-state index contributed by atoms with van der Waals surface area (Å²) in [5, 5.41) is 4.67. The number of aliphatic imine (C=N–C) groups is 1. The molecule has 4 nitrogen and oxygen atoms in total. The molecule has 2 aliphatic rings. The Hall–Kier alpha value is -2.11. The SMILES string of the molecule is Fc1ccc(N2C(c3ccccc3Cl)N=CN2CC2CO2)cc1. The monoisotopic (exact) mass is 331 g/mol. The highest BCUT2D eigenvalue weighted by atomic mass is 35.5. The van der Waals surface area contributed by atoms with Crippen LogP contribution in [0.5, 0.6) is 0 Å². The van der Waals surface area contributed by atoms with Crippen molar-refractivity contribution in [2.24, 2.45) is 4.99 Å². The fraction of sp³-hybridized carbons (Fsp3) is 0.235. The van der Waals surface area contributed by atoms with Crippen molar-refractivity contribution >= 4 is 23.6 Å². The third kappa shape index (κ3) is 2.90. The van der Waals surface area contributed by atoms with Crippen molar-refractivity contribution in [1.29, 1.82) is 0 Å². The molecule has 2 unspecified atom stereocenters. The van der Waals surface area contributed by atoms with Crippen molar-refractivity contribution < 1.29 is 9.13 Å². The van der Waals surface area contributed by atoms with Gasteiger partial charge in [0.2, 0.25) is 0 Å². The Morgan fingerprint density at radius 3 is 2.61 bits per heavy atom. The molecule has 0 spiro atoms. The van der Waals surface area contributed by atoms with Gasteiger partial charge in [0.05, 0.1) is 18.8 Å². The maximum atomic E-state index is 13.3. The summed E-state index contributed by atoms with van der Waals surface area (Å²) in [5.41, 5.74) is 1.77. The summed E-state index contributed by atoms with van der Waals surface area (Å²) in [6, 6.07) is 14.0. The first kappa shape index (κ1) is 14.5. The minimum Gasteiger partial charge on any atom is -0.371 e. The summed E-state index contributed by atoms with van der Waals surface area (Å²) in [4.78, 5) is 4.60. The van der Waals surface area contributed by atoms with Crippen LogP contribution in [0, 0.1) is 5.82 Å². The van der Waals surface area contributed by atoms with E-state index in [1.54, 1.807) is 18.5 Å². The summed E-state index contributed by atoms with van der Waals surface area (Å²) in [7, 11) is 0. The highest BCUT2D eigenvalue weighted by Gasteiger charge is 2.35. The quantitative estimate of drug-likeness (QED) is 0.802. The molecule has 2 heterocycles. The van der Waals surface area contributed by atoms with Crippen LogP contribution in [0.2, 0.25) is 5.02 Å². The lowest BCUT2D eigenvalue weighted by atomic mass is 10.1. The standard InChI is InChI=1S/C17H15ClFN3O/c18-16-4-2-1-3-15(16)17-20-11-21(9-14-10-23-14)22(17)13-7-5-12(19)6-8-13/h1-8,11,14,17H,9-10H2. The zero-order valence-corrected chi connectivity index (χ0v) is 13.0. The number of ether oxygens (including phenoxy) is 1. The molecule has 0 N–H and O–H groups in total. The molecule has 6 heteroatoms. The number of halogens is 2. The fourth-order valence-electron chi connectivity index (χ4n) is 2.70. The van der Waals surface area contributed by atoms with Crippen LogP contribution >= 0.6 is 11.6 Å². The van der Waals surface area contributed by atoms with Gasteiger partial charge in [-0.1, -0.05) is 29.8 Å². The molecule has 118 valence electrons. The van der Waals surface area contributed by atoms with E-state index < -0.39 is 0 Å². The van der Waals surface area contributed by atoms with Crippen LogP contribution in [0.15, 0.2) is 53.5 Å². The van der Waals surface area contributed by atoms with Gasteiger partial charge < -0.3 is 4.74 Å². The van der Waals surface area contributed by atoms with Gasteiger partial charge in [-0.05, 0) is 30.3 Å². The summed E-state index contributed by atoms with van der Waals surface area (Å²) in [6.45, 7) is 1.47. The Morgan fingerprint density at radius 1 is 1.17 bits per heavy atom. The van der Waals surface area contributed by atoms with E-state index in [1.807, 2.05) is 34.3 Å². The van der Waals surface area contributed by atoms with Gasteiger partial charge in [0.15, 0.2) is 6.17 Å². The van der Waals surface area contributed by atoms with Crippen molar-refractivity contribution in [1.82, 2.24) is 5.01 Å². The van der Waals surface area contributed by atoms with Crippen LogP contribution in [0.25, 0.3) is 0 Å². The van der Waals surface area contributed by atoms with E-state index in [2.05, 4.69) is 4.99 Å². The lowest BCUT2D eigenvalue weighted by molar-refractivity contribution is 0.319. The van der Waals surface area contributed by atoms with Crippen molar-refractivity contribution in [2.75, 3.05) is 18.2 Å². The molecule has 1 saturated heterocycles. The molecule has 1 fully saturated rings. The maximum absolute atomic E-state index is 13.3. The Labute approximate surface area is 138 Å². The van der Waals surface area contributed by atoms with Gasteiger partial charge in [0.1, 0.15) is 18.3 Å². The van der Waals surface area contributed by atoms with Crippen LogP contribution in [-0.4, -0.2) is 30.6 Å². The Bertz CT molecular complexity index is 733. The van der Waals surface area contributed by atoms with Gasteiger partial charge >= 0.3 is 0 Å². The number of hydrogen-bond acceptors (Lipinski definition) is 4. The number of hydrazine groups is 1. The van der Waals surface area contributed by atoms with E-state index in [0.29, 0.717) is 11.6 Å². The largest absolute Gasteiger partial charge is 0.371 e. The molecule has 0 bridgehead atoms. The lowest BCUT2D eigenvalue weighted by Crippen LogP contribution is -2.41. The molecule has 2 aromatic carbocycles. The Kier molecular flexibility index (Phi) is 3.67. The minimum absolute atomic E-state index is 0.217. The van der Waals surface area contributed by atoms with Crippen LogP contribution in [0.3, 0.4) is 0 Å². The number of hydrogen-bond donors (Lipinski definition) is 0. The lowest BCUT2D eigenvalue weighted by Gasteiger charge is -2.33. The predicted molar refractivity (Wildman–Crippen MR) is 88.0 cm³/mol. The van der Waals surface area contributed by atoms with Crippen molar-refractivity contribution in [3.8, 4) is 0 Å². The molecule has 0 aliphatic carbocycles. The van der Waals surface area contributed by atoms with Crippen LogP contribution in [0.1, 0.15) is 11.7 Å². The molecule has 23 heavy (non-hydrogen) atoms. The number of anilines is 1. The van der Waals surface area contributed by atoms with Gasteiger partial charge in [0, 0.05) is 10.6 Å². The summed E-state index contributed by atoms with van der Waals surface area (Å²) < 4.78 is 18.6. The van der Waals surface area contributed by atoms with Crippen molar-refractivity contribution in [3.05, 3.63) is 64.9 Å². The van der Waals surface area contributed by atoms with E-state index >= 15 is 0 Å². The first-order chi connectivity index (χ1) is 11.2. The van der Waals surface area contributed by atoms with E-state index in [9.17, 15) is 4.39 Å². The van der Waals surface area contributed by atoms with E-state index in [0.717, 1.165) is 17.9 Å². The zero-order valence-electron chi connectivity index (χ0n) is 12.3. The number of nitrogens with zero attached hydrogens (tertiary/aromatic N) is 3. The van der Waals surface area contributed by atoms with E-state index in [-0.39, 0.29) is 18.1 Å². The second kappa shape index (κ2) is 5.83. The molecule has 2 atom stereocenters. The molecule has 0 radical (unpaired) electrons. The van der Waals surface area contributed by atoms with E-state index in [4.69, 9.17) is 16.3 Å². The van der Waals surface area contributed by atoms with Gasteiger partial charge in [-0.15, -0.1) is 0 Å². The Morgan fingerprint density at radius 2 is 1.91 bits per heavy atom. The molecule has 0 amide bonds. The second-order valence-electron chi connectivity index (χ2n) is 5.56. The molecule has 2 aliphatic heterocycles. The van der Waals surface area contributed by atoms with Crippen LogP contribution in [-0.2, 0) is 4.74 Å². The number of rotatable bonds is 4. The third-order valence-corrected chi connectivity index (χ3v) is 4.26. The third-order valence-electron chi connectivity index (χ3n) is 3.92. The molecule has 4 rings (SSSR count). The first-order valence-electron chi connectivity index (χ1n) is 7.43. The average molecular weight is 332 g/mol. The Balaban J connectivity index is 1.70. The highest BCUT2D eigenvalue weighted by Crippen LogP contribution is 2.36. The van der Waals surface area contributed by atoms with Crippen molar-refractivity contribution in [2.45, 2.75) is 12.3 Å². The zero-order chi connectivity index (χ0) is 15.8. The topological polar surface area (TPSA) is 31.4 Å². The summed E-state index contributed by atoms with van der Waals surface area (Å²) >= 11 is 6.34. The van der Waals surface area contributed by atoms with Gasteiger partial charge in [-0.25, -0.2) is 9.38 Å². The van der Waals surface area contributed by atoms with Crippen molar-refractivity contribution in [3.63, 3.8) is 0 Å². The normalized spacial score (nSPS) is 22.7. The molecule has 2 aromatic rings. The smallest absolute Gasteiger partial charge is 0.168 e. The molecule has 0 aromatic heterocycles. The molecular weight excluding hydrogens is 317 g/mol.